The summed E-state index contributed by atoms with van der Waals surface area (Å²) in [6.45, 7) is 6.67. The maximum absolute atomic E-state index is 12.3. The van der Waals surface area contributed by atoms with Gasteiger partial charge in [-0.05, 0) is 30.7 Å². The Labute approximate surface area is 137 Å². The topological polar surface area (TPSA) is 58.9 Å². The van der Waals surface area contributed by atoms with Crippen LogP contribution in [0.5, 0.6) is 5.75 Å². The normalized spacial score (nSPS) is 10.5. The van der Waals surface area contributed by atoms with Gasteiger partial charge in [0.25, 0.3) is 0 Å². The van der Waals surface area contributed by atoms with Crippen LogP contribution < -0.4 is 4.74 Å². The molecule has 1 N–H and O–H groups in total. The van der Waals surface area contributed by atoms with Crippen LogP contribution in [0.15, 0.2) is 59.8 Å². The summed E-state index contributed by atoms with van der Waals surface area (Å²) in [6.07, 6.45) is 0.928. The monoisotopic (exact) mass is 313 g/mol. The minimum Gasteiger partial charge on any atom is -0.494 e. The van der Waals surface area contributed by atoms with Crippen LogP contribution in [0.3, 0.4) is 0 Å². The predicted octanol–water partition coefficient (Wildman–Crippen LogP) is 4.56. The summed E-state index contributed by atoms with van der Waals surface area (Å²) >= 11 is 0. The van der Waals surface area contributed by atoms with E-state index in [2.05, 4.69) is 5.16 Å². The van der Waals surface area contributed by atoms with Gasteiger partial charge in [-0.2, -0.15) is 0 Å². The summed E-state index contributed by atoms with van der Waals surface area (Å²) in [6, 6.07) is 15.7. The highest BCUT2D eigenvalue weighted by Gasteiger charge is 2.16. The number of oxime groups is 1. The van der Waals surface area contributed by atoms with Crippen LogP contribution in [0.4, 0.5) is 0 Å². The number of carbonyl (C=O) groups excluding carboxylic acids is 1. The van der Waals surface area contributed by atoms with Crippen LogP contribution in [0.2, 0.25) is 0 Å². The van der Waals surface area contributed by atoms with Gasteiger partial charge in [-0.1, -0.05) is 56.3 Å². The van der Waals surface area contributed by atoms with Crippen molar-refractivity contribution in [2.24, 2.45) is 5.16 Å². The molecule has 0 aliphatic heterocycles. The fraction of sp³-hybridized carbons (Fsp3) is 0.263. The van der Waals surface area contributed by atoms with Crippen molar-refractivity contribution in [3.63, 3.8) is 0 Å². The van der Waals surface area contributed by atoms with Crippen molar-refractivity contribution in [3.8, 4) is 5.75 Å². The molecular weight excluding hydrogens is 290 g/mol. The van der Waals surface area contributed by atoms with Crippen LogP contribution in [-0.4, -0.2) is 23.3 Å². The third-order valence-corrected chi connectivity index (χ3v) is 2.95. The molecule has 0 saturated heterocycles. The van der Waals surface area contributed by atoms with E-state index in [0.29, 0.717) is 17.7 Å². The quantitative estimate of drug-likeness (QED) is 0.368. The van der Waals surface area contributed by atoms with Crippen LogP contribution in [-0.2, 0) is 0 Å². The lowest BCUT2D eigenvalue weighted by atomic mass is 10.0. The number of carbonyl (C=O) groups is 1. The van der Waals surface area contributed by atoms with Gasteiger partial charge >= 0.3 is 0 Å². The first-order valence-electron chi connectivity index (χ1n) is 7.81. The second-order valence-electron chi connectivity index (χ2n) is 4.52. The molecule has 0 aromatic heterocycles. The highest BCUT2D eigenvalue weighted by atomic mass is 16.5. The Morgan fingerprint density at radius 2 is 1.61 bits per heavy atom. The van der Waals surface area contributed by atoms with Crippen LogP contribution >= 0.6 is 0 Å². The fourth-order valence-corrected chi connectivity index (χ4v) is 1.89. The number of ketones is 1. The number of nitrogens with zero attached hydrogens (tertiary/aromatic N) is 1. The molecule has 0 atom stereocenters. The molecule has 0 heterocycles. The third kappa shape index (κ3) is 5.25. The first-order valence-corrected chi connectivity index (χ1v) is 7.81. The molecule has 0 unspecified atom stereocenters. The minimum absolute atomic E-state index is 0.0169. The Morgan fingerprint density at radius 1 is 1.00 bits per heavy atom. The van der Waals surface area contributed by atoms with Gasteiger partial charge in [-0.25, -0.2) is 0 Å². The predicted molar refractivity (Wildman–Crippen MR) is 92.7 cm³/mol. The number of ether oxygens (including phenoxy) is 1. The second-order valence-corrected chi connectivity index (χ2v) is 4.52. The molecule has 0 amide bonds. The van der Waals surface area contributed by atoms with Crippen molar-refractivity contribution in [3.05, 3.63) is 65.7 Å². The minimum atomic E-state index is -0.319. The lowest BCUT2D eigenvalue weighted by Gasteiger charge is -2.07. The standard InChI is InChI=1S/C17H17NO3.C2H6/c1-2-12-21-15-10-8-13(9-11-15)16(18-20)17(19)14-6-4-3-5-7-14;1-2/h3-11,20H,2,12H2,1H3;1-2H3/b18-16-;. The van der Waals surface area contributed by atoms with Crippen LogP contribution in [0.25, 0.3) is 0 Å². The molecule has 0 bridgehead atoms. The van der Waals surface area contributed by atoms with E-state index in [4.69, 9.17) is 9.94 Å². The fourth-order valence-electron chi connectivity index (χ4n) is 1.89. The number of rotatable bonds is 6. The average Bonchev–Trinajstić information content (AvgIpc) is 2.64. The summed E-state index contributed by atoms with van der Waals surface area (Å²) in [5.74, 6) is 0.408. The molecule has 0 saturated carbocycles. The molecule has 4 heteroatoms. The van der Waals surface area contributed by atoms with Crippen molar-refractivity contribution in [1.82, 2.24) is 0 Å². The maximum atomic E-state index is 12.3. The van der Waals surface area contributed by atoms with Crippen molar-refractivity contribution < 1.29 is 14.7 Å². The summed E-state index contributed by atoms with van der Waals surface area (Å²) in [5.41, 5.74) is 1.05. The zero-order valence-electron chi connectivity index (χ0n) is 13.8. The zero-order chi connectivity index (χ0) is 17.1. The molecule has 122 valence electrons. The largest absolute Gasteiger partial charge is 0.494 e. The first kappa shape index (κ1) is 18.4. The molecule has 2 aromatic carbocycles. The highest BCUT2D eigenvalue weighted by Crippen LogP contribution is 2.15. The smallest absolute Gasteiger partial charge is 0.215 e. The summed E-state index contributed by atoms with van der Waals surface area (Å²) < 4.78 is 5.48. The van der Waals surface area contributed by atoms with Gasteiger partial charge < -0.3 is 9.94 Å². The molecule has 2 rings (SSSR count). The SMILES string of the molecule is CC.CCCOc1ccc(/C(=N/O)C(=O)c2ccccc2)cc1. The third-order valence-electron chi connectivity index (χ3n) is 2.95. The van der Waals surface area contributed by atoms with E-state index in [0.717, 1.165) is 12.2 Å². The van der Waals surface area contributed by atoms with Gasteiger partial charge in [0.2, 0.25) is 5.78 Å². The summed E-state index contributed by atoms with van der Waals surface area (Å²) in [5, 5.41) is 12.3. The average molecular weight is 313 g/mol. The first-order chi connectivity index (χ1) is 11.3. The van der Waals surface area contributed by atoms with E-state index in [9.17, 15) is 4.79 Å². The van der Waals surface area contributed by atoms with E-state index in [1.165, 1.54) is 0 Å². The molecule has 0 fully saturated rings. The van der Waals surface area contributed by atoms with Gasteiger partial charge in [-0.15, -0.1) is 0 Å². The Hall–Kier alpha value is -2.62. The van der Waals surface area contributed by atoms with E-state index >= 15 is 0 Å². The van der Waals surface area contributed by atoms with Crippen molar-refractivity contribution in [2.45, 2.75) is 27.2 Å². The summed E-state index contributed by atoms with van der Waals surface area (Å²) in [7, 11) is 0. The number of benzene rings is 2. The maximum Gasteiger partial charge on any atom is 0.215 e. The van der Waals surface area contributed by atoms with Crippen molar-refractivity contribution in [2.75, 3.05) is 6.61 Å². The zero-order valence-corrected chi connectivity index (χ0v) is 13.8. The molecule has 23 heavy (non-hydrogen) atoms. The number of hydrogen-bond acceptors (Lipinski definition) is 4. The van der Waals surface area contributed by atoms with Gasteiger partial charge in [0.05, 0.1) is 6.61 Å². The Balaban J connectivity index is 0.00000127. The Bertz CT molecular complexity index is 619. The van der Waals surface area contributed by atoms with Crippen LogP contribution in [0, 0.1) is 0 Å². The molecule has 0 aliphatic rings. The lowest BCUT2D eigenvalue weighted by molar-refractivity contribution is 0.106. The molecule has 0 radical (unpaired) electrons. The van der Waals surface area contributed by atoms with E-state index < -0.39 is 0 Å². The van der Waals surface area contributed by atoms with Crippen molar-refractivity contribution >= 4 is 11.5 Å². The van der Waals surface area contributed by atoms with E-state index in [1.807, 2.05) is 26.8 Å². The Morgan fingerprint density at radius 3 is 2.13 bits per heavy atom. The van der Waals surface area contributed by atoms with E-state index in [-0.39, 0.29) is 11.5 Å². The summed E-state index contributed by atoms with van der Waals surface area (Å²) in [4.78, 5) is 12.3. The lowest BCUT2D eigenvalue weighted by Crippen LogP contribution is -2.15. The van der Waals surface area contributed by atoms with Crippen LogP contribution in [0.1, 0.15) is 43.1 Å². The number of hydrogen-bond donors (Lipinski definition) is 1. The molecule has 2 aromatic rings. The van der Waals surface area contributed by atoms with Gasteiger partial charge in [0.1, 0.15) is 5.75 Å². The van der Waals surface area contributed by atoms with Gasteiger partial charge in [0.15, 0.2) is 5.71 Å². The highest BCUT2D eigenvalue weighted by molar-refractivity contribution is 6.51. The molecule has 0 spiro atoms. The molecular formula is C19H23NO3. The second kappa shape index (κ2) is 10.2. The van der Waals surface area contributed by atoms with E-state index in [1.54, 1.807) is 48.5 Å². The van der Waals surface area contributed by atoms with Crippen molar-refractivity contribution in [1.29, 1.82) is 0 Å². The molecule has 4 nitrogen and oxygen atoms in total. The Kier molecular flexibility index (Phi) is 8.14. The van der Waals surface area contributed by atoms with Gasteiger partial charge in [0, 0.05) is 11.1 Å². The van der Waals surface area contributed by atoms with Gasteiger partial charge in [-0.3, -0.25) is 4.79 Å². The molecule has 0 aliphatic carbocycles. The number of Topliss-reactive ketones (excluding diaryl/α,β-unsaturated/α-hetero) is 1.